The van der Waals surface area contributed by atoms with Gasteiger partial charge in [-0.2, -0.15) is 0 Å². The number of esters is 1. The molecule has 1 heterocycles. The molecule has 0 spiro atoms. The molecule has 1 unspecified atom stereocenters. The number of carbonyl (C=O) groups excluding carboxylic acids is 2. The normalized spacial score (nSPS) is 19.4. The fraction of sp³-hybridized carbons (Fsp3) is 0.875. The Morgan fingerprint density at radius 2 is 1.91 bits per heavy atom. The first kappa shape index (κ1) is 19.7. The summed E-state index contributed by atoms with van der Waals surface area (Å²) in [5.41, 5.74) is -1.06. The Labute approximate surface area is 139 Å². The summed E-state index contributed by atoms with van der Waals surface area (Å²) in [6.07, 6.45) is -0.279. The van der Waals surface area contributed by atoms with Crippen LogP contribution >= 0.6 is 0 Å². The number of nitrogens with one attached hydrogen (secondary N) is 2. The summed E-state index contributed by atoms with van der Waals surface area (Å²) >= 11 is 0. The molecule has 0 saturated carbocycles. The summed E-state index contributed by atoms with van der Waals surface area (Å²) in [4.78, 5) is 25.5. The Hall–Kier alpha value is -1.34. The highest BCUT2D eigenvalue weighted by Crippen LogP contribution is 2.15. The molecule has 1 atom stereocenters. The van der Waals surface area contributed by atoms with Crippen LogP contribution in [0, 0.1) is 5.41 Å². The van der Waals surface area contributed by atoms with E-state index in [4.69, 9.17) is 9.47 Å². The molecule has 2 N–H and O–H groups in total. The highest BCUT2D eigenvalue weighted by Gasteiger charge is 2.30. The second kappa shape index (κ2) is 7.97. The minimum Gasteiger partial charge on any atom is -0.469 e. The molecule has 134 valence electrons. The van der Waals surface area contributed by atoms with Gasteiger partial charge in [0.15, 0.2) is 0 Å². The molecule has 1 aliphatic heterocycles. The van der Waals surface area contributed by atoms with Gasteiger partial charge in [-0.1, -0.05) is 0 Å². The molecule has 0 aromatic carbocycles. The van der Waals surface area contributed by atoms with E-state index in [9.17, 15) is 9.59 Å². The zero-order valence-electron chi connectivity index (χ0n) is 15.2. The van der Waals surface area contributed by atoms with Crippen molar-refractivity contribution < 1.29 is 19.1 Å². The third-order valence-corrected chi connectivity index (χ3v) is 3.60. The van der Waals surface area contributed by atoms with E-state index in [-0.39, 0.29) is 18.1 Å². The summed E-state index contributed by atoms with van der Waals surface area (Å²) in [6.45, 7) is 12.4. The van der Waals surface area contributed by atoms with Gasteiger partial charge in [0.2, 0.25) is 0 Å². The van der Waals surface area contributed by atoms with Gasteiger partial charge in [-0.25, -0.2) is 4.79 Å². The Morgan fingerprint density at radius 3 is 2.48 bits per heavy atom. The third-order valence-electron chi connectivity index (χ3n) is 3.60. The van der Waals surface area contributed by atoms with Crippen LogP contribution in [0.2, 0.25) is 0 Å². The number of ether oxygens (including phenoxy) is 2. The lowest BCUT2D eigenvalue weighted by molar-refractivity contribution is -0.150. The van der Waals surface area contributed by atoms with E-state index in [1.165, 1.54) is 7.11 Å². The first-order valence-electron chi connectivity index (χ1n) is 8.05. The van der Waals surface area contributed by atoms with E-state index >= 15 is 0 Å². The maximum Gasteiger partial charge on any atom is 0.410 e. The molecule has 1 rings (SSSR count). The number of hydrogen-bond donors (Lipinski definition) is 2. The van der Waals surface area contributed by atoms with Gasteiger partial charge < -0.3 is 25.0 Å². The lowest BCUT2D eigenvalue weighted by atomic mass is 9.93. The van der Waals surface area contributed by atoms with E-state index in [0.717, 1.165) is 6.54 Å². The molecule has 1 amide bonds. The maximum atomic E-state index is 12.1. The summed E-state index contributed by atoms with van der Waals surface area (Å²) in [5.74, 6) is -0.239. The van der Waals surface area contributed by atoms with E-state index < -0.39 is 11.0 Å². The molecular weight excluding hydrogens is 298 g/mol. The van der Waals surface area contributed by atoms with Crippen LogP contribution in [-0.2, 0) is 14.3 Å². The molecule has 7 heteroatoms. The first-order valence-corrected chi connectivity index (χ1v) is 8.05. The molecule has 1 fully saturated rings. The van der Waals surface area contributed by atoms with Crippen LogP contribution in [0.25, 0.3) is 0 Å². The Bertz CT molecular complexity index is 418. The van der Waals surface area contributed by atoms with E-state index in [2.05, 4.69) is 10.6 Å². The predicted octanol–water partition coefficient (Wildman–Crippen LogP) is 0.984. The van der Waals surface area contributed by atoms with Gasteiger partial charge in [0.25, 0.3) is 0 Å². The van der Waals surface area contributed by atoms with Crippen LogP contribution in [0.3, 0.4) is 0 Å². The van der Waals surface area contributed by atoms with Crippen LogP contribution in [0.15, 0.2) is 0 Å². The number of piperazine rings is 1. The first-order chi connectivity index (χ1) is 10.5. The Kier molecular flexibility index (Phi) is 6.83. The summed E-state index contributed by atoms with van der Waals surface area (Å²) < 4.78 is 10.2. The van der Waals surface area contributed by atoms with Crippen LogP contribution in [0.4, 0.5) is 4.79 Å². The Balaban J connectivity index is 2.41. The van der Waals surface area contributed by atoms with Crippen molar-refractivity contribution in [2.75, 3.05) is 39.8 Å². The number of methoxy groups -OCH3 is 1. The van der Waals surface area contributed by atoms with Crippen molar-refractivity contribution in [3.05, 3.63) is 0 Å². The van der Waals surface area contributed by atoms with Crippen molar-refractivity contribution in [1.29, 1.82) is 0 Å². The zero-order valence-corrected chi connectivity index (χ0v) is 15.2. The van der Waals surface area contributed by atoms with Crippen molar-refractivity contribution in [3.63, 3.8) is 0 Å². The van der Waals surface area contributed by atoms with Crippen LogP contribution in [-0.4, -0.2) is 68.4 Å². The monoisotopic (exact) mass is 329 g/mol. The highest BCUT2D eigenvalue weighted by atomic mass is 16.6. The molecule has 7 nitrogen and oxygen atoms in total. The quantitative estimate of drug-likeness (QED) is 0.732. The van der Waals surface area contributed by atoms with Crippen molar-refractivity contribution >= 4 is 12.1 Å². The molecule has 0 aromatic rings. The van der Waals surface area contributed by atoms with Crippen molar-refractivity contribution in [2.24, 2.45) is 5.41 Å². The largest absolute Gasteiger partial charge is 0.469 e. The molecule has 0 bridgehead atoms. The van der Waals surface area contributed by atoms with Crippen LogP contribution in [0.5, 0.6) is 0 Å². The number of carbonyl (C=O) groups is 2. The lowest BCUT2D eigenvalue weighted by Crippen LogP contribution is -2.57. The van der Waals surface area contributed by atoms with E-state index in [1.807, 2.05) is 34.6 Å². The van der Waals surface area contributed by atoms with Crippen LogP contribution in [0.1, 0.15) is 34.6 Å². The number of amides is 1. The van der Waals surface area contributed by atoms with Crippen molar-refractivity contribution in [1.82, 2.24) is 15.5 Å². The van der Waals surface area contributed by atoms with E-state index in [0.29, 0.717) is 26.2 Å². The number of hydrogen-bond acceptors (Lipinski definition) is 6. The summed E-state index contributed by atoms with van der Waals surface area (Å²) in [5, 5.41) is 6.64. The smallest absolute Gasteiger partial charge is 0.410 e. The highest BCUT2D eigenvalue weighted by molar-refractivity contribution is 5.76. The van der Waals surface area contributed by atoms with E-state index in [1.54, 1.807) is 4.90 Å². The fourth-order valence-electron chi connectivity index (χ4n) is 2.36. The average molecular weight is 329 g/mol. The molecule has 1 aliphatic rings. The van der Waals surface area contributed by atoms with Gasteiger partial charge in [-0.05, 0) is 34.6 Å². The maximum absolute atomic E-state index is 12.1. The van der Waals surface area contributed by atoms with Gasteiger partial charge in [0.05, 0.1) is 12.5 Å². The van der Waals surface area contributed by atoms with Crippen molar-refractivity contribution in [2.45, 2.75) is 46.3 Å². The number of nitrogens with zero attached hydrogens (tertiary/aromatic N) is 1. The number of rotatable bonds is 5. The summed E-state index contributed by atoms with van der Waals surface area (Å²) in [7, 11) is 1.39. The molecule has 0 radical (unpaired) electrons. The third kappa shape index (κ3) is 6.74. The zero-order chi connectivity index (χ0) is 17.7. The molecular formula is C16H31N3O4. The standard InChI is InChI=1S/C16H31N3O4/c1-15(2,3)23-14(21)19-8-7-18-12(10-19)9-17-11-16(4,5)13(20)22-6/h12,17-18H,7-11H2,1-6H3. The van der Waals surface area contributed by atoms with Gasteiger partial charge in [0, 0.05) is 38.8 Å². The fourth-order valence-corrected chi connectivity index (χ4v) is 2.36. The Morgan fingerprint density at radius 1 is 1.26 bits per heavy atom. The molecule has 1 saturated heterocycles. The molecule has 23 heavy (non-hydrogen) atoms. The second-order valence-electron chi connectivity index (χ2n) is 7.58. The minimum absolute atomic E-state index is 0.129. The molecule has 0 aromatic heterocycles. The van der Waals surface area contributed by atoms with Gasteiger partial charge in [-0.15, -0.1) is 0 Å². The summed E-state index contributed by atoms with van der Waals surface area (Å²) in [6, 6.07) is 0.129. The predicted molar refractivity (Wildman–Crippen MR) is 88.3 cm³/mol. The van der Waals surface area contributed by atoms with Crippen LogP contribution < -0.4 is 10.6 Å². The SMILES string of the molecule is COC(=O)C(C)(C)CNCC1CN(C(=O)OC(C)(C)C)CCN1. The van der Waals surface area contributed by atoms with Gasteiger partial charge in [0.1, 0.15) is 5.60 Å². The average Bonchev–Trinajstić information content (AvgIpc) is 2.44. The lowest BCUT2D eigenvalue weighted by Gasteiger charge is -2.35. The van der Waals surface area contributed by atoms with Gasteiger partial charge in [-0.3, -0.25) is 4.79 Å². The van der Waals surface area contributed by atoms with Crippen molar-refractivity contribution in [3.8, 4) is 0 Å². The topological polar surface area (TPSA) is 79.9 Å². The second-order valence-corrected chi connectivity index (χ2v) is 7.58. The molecule has 0 aliphatic carbocycles. The van der Waals surface area contributed by atoms with Gasteiger partial charge >= 0.3 is 12.1 Å². The minimum atomic E-state index is -0.575.